The lowest BCUT2D eigenvalue weighted by molar-refractivity contribution is -0.143. The van der Waals surface area contributed by atoms with E-state index in [9.17, 15) is 5.11 Å². The molecular formula is C15H24O. The van der Waals surface area contributed by atoms with E-state index in [1.165, 1.54) is 19.3 Å². The van der Waals surface area contributed by atoms with Gasteiger partial charge in [-0.1, -0.05) is 27.7 Å². The Labute approximate surface area is 98.6 Å². The zero-order chi connectivity index (χ0) is 11.6. The van der Waals surface area contributed by atoms with Crippen molar-refractivity contribution in [1.29, 1.82) is 0 Å². The van der Waals surface area contributed by atoms with Crippen LogP contribution in [0.1, 0.15) is 53.4 Å². The van der Waals surface area contributed by atoms with Crippen LogP contribution in [-0.2, 0) is 0 Å². The van der Waals surface area contributed by atoms with Gasteiger partial charge in [0.05, 0.1) is 6.10 Å². The largest absolute Gasteiger partial charge is 0.393 e. The lowest BCUT2D eigenvalue weighted by atomic mass is 9.48. The molecule has 16 heavy (non-hydrogen) atoms. The zero-order valence-corrected chi connectivity index (χ0v) is 11.0. The third-order valence-corrected chi connectivity index (χ3v) is 7.89. The topological polar surface area (TPSA) is 20.2 Å². The summed E-state index contributed by atoms with van der Waals surface area (Å²) in [5.41, 5.74) is 1.81. The van der Waals surface area contributed by atoms with E-state index in [1.54, 1.807) is 0 Å². The van der Waals surface area contributed by atoms with Gasteiger partial charge in [-0.05, 0) is 59.2 Å². The number of hydrogen-bond acceptors (Lipinski definition) is 1. The molecular weight excluding hydrogens is 196 g/mol. The normalized spacial score (nSPS) is 69.2. The first-order valence-electron chi connectivity index (χ1n) is 6.98. The second-order valence-electron chi connectivity index (χ2n) is 8.25. The van der Waals surface area contributed by atoms with Crippen molar-refractivity contribution in [2.45, 2.75) is 59.5 Å². The molecule has 5 saturated carbocycles. The molecule has 5 aliphatic rings. The van der Waals surface area contributed by atoms with Crippen LogP contribution in [0.25, 0.3) is 0 Å². The summed E-state index contributed by atoms with van der Waals surface area (Å²) in [5.74, 6) is 1.99. The highest BCUT2D eigenvalue weighted by molar-refractivity contribution is 5.36. The number of rotatable bonds is 0. The molecule has 5 fully saturated rings. The highest BCUT2D eigenvalue weighted by Crippen LogP contribution is 2.94. The standard InChI is InChI=1S/C15H24O/c1-12(2)10(16)5-6-14(4)11-9-7-15(12,14)8-13(9,11)3/h9-11,16H,5-8H2,1-4H3/t9-,10-,11+,13-,14-,15-/m1/s1. The van der Waals surface area contributed by atoms with Crippen LogP contribution in [0, 0.1) is 33.5 Å². The lowest BCUT2D eigenvalue weighted by Crippen LogP contribution is -2.55. The van der Waals surface area contributed by atoms with Gasteiger partial charge in [0.15, 0.2) is 0 Å². The van der Waals surface area contributed by atoms with Gasteiger partial charge in [0, 0.05) is 0 Å². The van der Waals surface area contributed by atoms with E-state index in [0.29, 0.717) is 16.2 Å². The van der Waals surface area contributed by atoms with Crippen LogP contribution >= 0.6 is 0 Å². The number of aliphatic hydroxyl groups is 1. The first kappa shape index (κ1) is 9.94. The Morgan fingerprint density at radius 1 is 1.12 bits per heavy atom. The fraction of sp³-hybridized carbons (Fsp3) is 1.00. The van der Waals surface area contributed by atoms with Gasteiger partial charge in [0.1, 0.15) is 0 Å². The molecule has 90 valence electrons. The van der Waals surface area contributed by atoms with Crippen LogP contribution in [0.4, 0.5) is 0 Å². The average molecular weight is 220 g/mol. The lowest BCUT2D eigenvalue weighted by Gasteiger charge is -2.58. The van der Waals surface area contributed by atoms with Crippen LogP contribution < -0.4 is 0 Å². The first-order chi connectivity index (χ1) is 7.30. The van der Waals surface area contributed by atoms with Crippen molar-refractivity contribution in [2.24, 2.45) is 33.5 Å². The van der Waals surface area contributed by atoms with Crippen molar-refractivity contribution in [3.8, 4) is 0 Å². The molecule has 1 heteroatoms. The van der Waals surface area contributed by atoms with E-state index >= 15 is 0 Å². The van der Waals surface area contributed by atoms with Crippen molar-refractivity contribution in [3.05, 3.63) is 0 Å². The molecule has 5 rings (SSSR count). The minimum atomic E-state index is -0.0691. The molecule has 1 nitrogen and oxygen atoms in total. The van der Waals surface area contributed by atoms with E-state index in [1.807, 2.05) is 0 Å². The Bertz CT molecular complexity index is 387. The molecule has 4 bridgehead atoms. The van der Waals surface area contributed by atoms with Crippen molar-refractivity contribution < 1.29 is 5.11 Å². The molecule has 0 aliphatic heterocycles. The maximum Gasteiger partial charge on any atom is 0.0596 e. The summed E-state index contributed by atoms with van der Waals surface area (Å²) in [5, 5.41) is 10.4. The molecule has 0 saturated heterocycles. The predicted octanol–water partition coefficient (Wildman–Crippen LogP) is 3.22. The summed E-state index contributed by atoms with van der Waals surface area (Å²) in [7, 11) is 0. The summed E-state index contributed by atoms with van der Waals surface area (Å²) < 4.78 is 0. The molecule has 0 unspecified atom stereocenters. The van der Waals surface area contributed by atoms with Gasteiger partial charge in [-0.3, -0.25) is 0 Å². The summed E-state index contributed by atoms with van der Waals surface area (Å²) in [6, 6.07) is 0. The number of aliphatic hydroxyl groups excluding tert-OH is 1. The summed E-state index contributed by atoms with van der Waals surface area (Å²) in [4.78, 5) is 0. The van der Waals surface area contributed by atoms with Crippen LogP contribution in [0.5, 0.6) is 0 Å². The van der Waals surface area contributed by atoms with E-state index in [0.717, 1.165) is 18.3 Å². The quantitative estimate of drug-likeness (QED) is 0.664. The van der Waals surface area contributed by atoms with E-state index in [2.05, 4.69) is 27.7 Å². The third kappa shape index (κ3) is 0.631. The summed E-state index contributed by atoms with van der Waals surface area (Å²) >= 11 is 0. The second-order valence-corrected chi connectivity index (χ2v) is 8.25. The summed E-state index contributed by atoms with van der Waals surface area (Å²) in [6.45, 7) is 9.74. The maximum atomic E-state index is 10.4. The van der Waals surface area contributed by atoms with Gasteiger partial charge in [-0.15, -0.1) is 0 Å². The predicted molar refractivity (Wildman–Crippen MR) is 63.9 cm³/mol. The Balaban J connectivity index is 1.91. The second kappa shape index (κ2) is 2.13. The summed E-state index contributed by atoms with van der Waals surface area (Å²) in [6.07, 6.45) is 5.05. The van der Waals surface area contributed by atoms with Gasteiger partial charge in [-0.25, -0.2) is 0 Å². The van der Waals surface area contributed by atoms with Gasteiger partial charge in [0.25, 0.3) is 0 Å². The van der Waals surface area contributed by atoms with Gasteiger partial charge >= 0.3 is 0 Å². The highest BCUT2D eigenvalue weighted by atomic mass is 16.3. The SMILES string of the molecule is CC1(C)[C@H](O)CC[C@]2(C)[C@H]3[C@H]4C[C@@]12C[C@]43C. The molecule has 0 heterocycles. The molecule has 6 atom stereocenters. The van der Waals surface area contributed by atoms with Crippen LogP contribution in [0.2, 0.25) is 0 Å². The van der Waals surface area contributed by atoms with Crippen LogP contribution in [0.3, 0.4) is 0 Å². The molecule has 0 amide bonds. The van der Waals surface area contributed by atoms with Crippen molar-refractivity contribution in [3.63, 3.8) is 0 Å². The van der Waals surface area contributed by atoms with Crippen LogP contribution in [-0.4, -0.2) is 11.2 Å². The van der Waals surface area contributed by atoms with Gasteiger partial charge in [0.2, 0.25) is 0 Å². The smallest absolute Gasteiger partial charge is 0.0596 e. The fourth-order valence-corrected chi connectivity index (χ4v) is 6.99. The Morgan fingerprint density at radius 3 is 2.38 bits per heavy atom. The molecule has 0 aromatic heterocycles. The molecule has 5 aliphatic carbocycles. The molecule has 1 N–H and O–H groups in total. The third-order valence-electron chi connectivity index (χ3n) is 7.89. The minimum absolute atomic E-state index is 0.0691. The van der Waals surface area contributed by atoms with E-state index in [4.69, 9.17) is 0 Å². The highest BCUT2D eigenvalue weighted by Gasteiger charge is 2.88. The van der Waals surface area contributed by atoms with E-state index in [-0.39, 0.29) is 11.5 Å². The molecule has 0 radical (unpaired) electrons. The molecule has 0 aromatic carbocycles. The zero-order valence-electron chi connectivity index (χ0n) is 11.0. The monoisotopic (exact) mass is 220 g/mol. The maximum absolute atomic E-state index is 10.4. The molecule has 0 aromatic rings. The average Bonchev–Trinajstić information content (AvgIpc) is 2.50. The Morgan fingerprint density at radius 2 is 1.81 bits per heavy atom. The molecule has 1 spiro atoms. The first-order valence-corrected chi connectivity index (χ1v) is 6.98. The van der Waals surface area contributed by atoms with Crippen molar-refractivity contribution in [2.75, 3.05) is 0 Å². The number of hydrogen-bond donors (Lipinski definition) is 1. The van der Waals surface area contributed by atoms with Crippen LogP contribution in [0.15, 0.2) is 0 Å². The van der Waals surface area contributed by atoms with Crippen molar-refractivity contribution in [1.82, 2.24) is 0 Å². The Kier molecular flexibility index (Phi) is 1.33. The fourth-order valence-electron chi connectivity index (χ4n) is 6.99. The Hall–Kier alpha value is -0.0400. The van der Waals surface area contributed by atoms with Crippen molar-refractivity contribution >= 4 is 0 Å². The van der Waals surface area contributed by atoms with Gasteiger partial charge < -0.3 is 5.11 Å². The minimum Gasteiger partial charge on any atom is -0.393 e. The van der Waals surface area contributed by atoms with Gasteiger partial charge in [-0.2, -0.15) is 0 Å². The van der Waals surface area contributed by atoms with E-state index < -0.39 is 0 Å².